The third kappa shape index (κ3) is 4.45. The van der Waals surface area contributed by atoms with Crippen LogP contribution in [0.3, 0.4) is 0 Å². The molecule has 26 heavy (non-hydrogen) atoms. The van der Waals surface area contributed by atoms with E-state index < -0.39 is 16.6 Å². The van der Waals surface area contributed by atoms with Crippen molar-refractivity contribution in [3.8, 4) is 11.5 Å². The van der Waals surface area contributed by atoms with Gasteiger partial charge in [0.15, 0.2) is 0 Å². The van der Waals surface area contributed by atoms with E-state index in [-0.39, 0.29) is 0 Å². The average molecular weight is 379 g/mol. The lowest BCUT2D eigenvalue weighted by Crippen LogP contribution is -2.51. The first-order valence-electron chi connectivity index (χ1n) is 8.96. The number of rotatable bonds is 6. The Morgan fingerprint density at radius 3 is 1.08 bits per heavy atom. The van der Waals surface area contributed by atoms with Gasteiger partial charge in [0.2, 0.25) is 0 Å². The van der Waals surface area contributed by atoms with Gasteiger partial charge < -0.3 is 8.85 Å². The molecule has 0 atom stereocenters. The maximum Gasteiger partial charge on any atom is 0.276 e. The number of para-hydroxylation sites is 2. The lowest BCUT2D eigenvalue weighted by atomic mass is 10.3. The van der Waals surface area contributed by atoms with Crippen molar-refractivity contribution in [2.45, 2.75) is 26.2 Å². The van der Waals surface area contributed by atoms with Crippen LogP contribution >= 0.6 is 0 Å². The quantitative estimate of drug-likeness (QED) is 0.580. The summed E-state index contributed by atoms with van der Waals surface area (Å²) in [6.45, 7) is 8.94. The van der Waals surface area contributed by atoms with E-state index in [2.05, 4.69) is 50.5 Å². The predicted molar refractivity (Wildman–Crippen MR) is 115 cm³/mol. The van der Waals surface area contributed by atoms with Crippen LogP contribution in [-0.4, -0.2) is 16.6 Å². The van der Waals surface area contributed by atoms with Gasteiger partial charge in [-0.25, -0.2) is 0 Å². The van der Waals surface area contributed by atoms with Crippen LogP contribution in [-0.2, 0) is 0 Å². The smallest absolute Gasteiger partial charge is 0.276 e. The third-order valence-electron chi connectivity index (χ3n) is 4.51. The molecule has 0 heterocycles. The molecule has 2 nitrogen and oxygen atoms in total. The first-order valence-corrected chi connectivity index (χ1v) is 14.8. The molecule has 0 spiro atoms. The van der Waals surface area contributed by atoms with Gasteiger partial charge in [0.05, 0.1) is 0 Å². The summed E-state index contributed by atoms with van der Waals surface area (Å²) in [7, 11) is -4.00. The molecular weight excluding hydrogens is 352 g/mol. The summed E-state index contributed by atoms with van der Waals surface area (Å²) in [5.41, 5.74) is 0. The van der Waals surface area contributed by atoms with Crippen molar-refractivity contribution in [3.63, 3.8) is 0 Å². The zero-order valence-corrected chi connectivity index (χ0v) is 17.9. The van der Waals surface area contributed by atoms with Crippen LogP contribution in [0.5, 0.6) is 11.5 Å². The maximum absolute atomic E-state index is 6.33. The molecule has 3 rings (SSSR count). The molecule has 4 heteroatoms. The molecule has 134 valence electrons. The molecule has 0 aliphatic carbocycles. The van der Waals surface area contributed by atoms with E-state index in [1.165, 1.54) is 10.4 Å². The number of benzene rings is 3. The average Bonchev–Trinajstić information content (AvgIpc) is 2.63. The summed E-state index contributed by atoms with van der Waals surface area (Å²) in [6, 6.07) is 29.0. The Hall–Kier alpha value is -2.31. The highest BCUT2D eigenvalue weighted by molar-refractivity contribution is 6.86. The first-order chi connectivity index (χ1) is 12.4. The van der Waals surface area contributed by atoms with Gasteiger partial charge in [-0.3, -0.25) is 0 Å². The SMILES string of the molecule is C[Si](C)(Oc1ccccc1)c1ccc([Si](C)(C)Oc2ccccc2)cc1. The van der Waals surface area contributed by atoms with E-state index in [1.807, 2.05) is 60.7 Å². The Morgan fingerprint density at radius 1 is 0.462 bits per heavy atom. The molecule has 0 radical (unpaired) electrons. The minimum atomic E-state index is -2.00. The Kier molecular flexibility index (Phi) is 5.34. The fourth-order valence-corrected chi connectivity index (χ4v) is 6.58. The Balaban J connectivity index is 1.77. The Bertz CT molecular complexity index is 757. The van der Waals surface area contributed by atoms with Crippen molar-refractivity contribution in [1.82, 2.24) is 0 Å². The molecule has 0 saturated heterocycles. The summed E-state index contributed by atoms with van der Waals surface area (Å²) >= 11 is 0. The zero-order valence-electron chi connectivity index (χ0n) is 15.9. The van der Waals surface area contributed by atoms with Crippen LogP contribution in [0.15, 0.2) is 84.9 Å². The van der Waals surface area contributed by atoms with Gasteiger partial charge in [0, 0.05) is 0 Å². The molecule has 3 aromatic rings. The van der Waals surface area contributed by atoms with E-state index in [1.54, 1.807) is 0 Å². The van der Waals surface area contributed by atoms with E-state index in [9.17, 15) is 0 Å². The Labute approximate surface area is 158 Å². The van der Waals surface area contributed by atoms with Gasteiger partial charge in [-0.15, -0.1) is 0 Å². The van der Waals surface area contributed by atoms with Crippen molar-refractivity contribution in [3.05, 3.63) is 84.9 Å². The van der Waals surface area contributed by atoms with Gasteiger partial charge in [0.25, 0.3) is 16.6 Å². The standard InChI is InChI=1S/C22H26O2Si2/c1-25(2,23-19-11-7-5-8-12-19)21-15-17-22(18-16-21)26(3,4)24-20-13-9-6-10-14-20/h5-18H,1-4H3. The minimum absolute atomic E-state index is 0.940. The molecule has 0 N–H and O–H groups in total. The molecule has 0 bridgehead atoms. The monoisotopic (exact) mass is 378 g/mol. The summed E-state index contributed by atoms with van der Waals surface area (Å²) < 4.78 is 12.7. The molecule has 0 unspecified atom stereocenters. The Morgan fingerprint density at radius 2 is 0.769 bits per heavy atom. The highest BCUT2D eigenvalue weighted by atomic mass is 28.4. The first kappa shape index (κ1) is 18.5. The van der Waals surface area contributed by atoms with E-state index in [0.29, 0.717) is 0 Å². The van der Waals surface area contributed by atoms with E-state index >= 15 is 0 Å². The van der Waals surface area contributed by atoms with Crippen LogP contribution < -0.4 is 19.2 Å². The second-order valence-electron chi connectivity index (χ2n) is 7.43. The molecule has 3 aromatic carbocycles. The van der Waals surface area contributed by atoms with Crippen LogP contribution in [0, 0.1) is 0 Å². The largest absolute Gasteiger partial charge is 0.540 e. The zero-order chi connectivity index (χ0) is 18.6. The normalized spacial score (nSPS) is 11.8. The summed E-state index contributed by atoms with van der Waals surface area (Å²) in [4.78, 5) is 0. The molecule has 0 amide bonds. The van der Waals surface area contributed by atoms with Crippen molar-refractivity contribution >= 4 is 27.0 Å². The molecule has 0 fully saturated rings. The van der Waals surface area contributed by atoms with Gasteiger partial charge in [0.1, 0.15) is 11.5 Å². The predicted octanol–water partition coefficient (Wildman–Crippen LogP) is 4.67. The molecular formula is C22H26O2Si2. The highest BCUT2D eigenvalue weighted by Crippen LogP contribution is 2.17. The lowest BCUT2D eigenvalue weighted by Gasteiger charge is -2.27. The summed E-state index contributed by atoms with van der Waals surface area (Å²) in [5.74, 6) is 1.88. The van der Waals surface area contributed by atoms with E-state index in [4.69, 9.17) is 8.85 Å². The summed E-state index contributed by atoms with van der Waals surface area (Å²) in [5, 5.41) is 2.57. The van der Waals surface area contributed by atoms with Crippen molar-refractivity contribution in [2.24, 2.45) is 0 Å². The topological polar surface area (TPSA) is 18.5 Å². The highest BCUT2D eigenvalue weighted by Gasteiger charge is 2.30. The van der Waals surface area contributed by atoms with Crippen molar-refractivity contribution < 1.29 is 8.85 Å². The third-order valence-corrected chi connectivity index (χ3v) is 9.45. The second-order valence-corrected chi connectivity index (χ2v) is 15.0. The molecule has 0 saturated carbocycles. The number of hydrogen-bond acceptors (Lipinski definition) is 2. The van der Waals surface area contributed by atoms with Crippen LogP contribution in [0.25, 0.3) is 0 Å². The second kappa shape index (κ2) is 7.52. The van der Waals surface area contributed by atoms with Gasteiger partial charge in [-0.2, -0.15) is 0 Å². The van der Waals surface area contributed by atoms with Crippen LogP contribution in [0.4, 0.5) is 0 Å². The van der Waals surface area contributed by atoms with Crippen LogP contribution in [0.1, 0.15) is 0 Å². The van der Waals surface area contributed by atoms with Crippen LogP contribution in [0.2, 0.25) is 26.2 Å². The van der Waals surface area contributed by atoms with Crippen molar-refractivity contribution in [2.75, 3.05) is 0 Å². The van der Waals surface area contributed by atoms with E-state index in [0.717, 1.165) is 11.5 Å². The van der Waals surface area contributed by atoms with Gasteiger partial charge >= 0.3 is 0 Å². The molecule has 0 aliphatic rings. The van der Waals surface area contributed by atoms with Crippen molar-refractivity contribution in [1.29, 1.82) is 0 Å². The summed E-state index contributed by atoms with van der Waals surface area (Å²) in [6.07, 6.45) is 0. The van der Waals surface area contributed by atoms with Gasteiger partial charge in [-0.1, -0.05) is 60.7 Å². The molecule has 0 aliphatic heterocycles. The minimum Gasteiger partial charge on any atom is -0.540 e. The fraction of sp³-hybridized carbons (Fsp3) is 0.182. The molecule has 0 aromatic heterocycles. The number of hydrogen-bond donors (Lipinski definition) is 0. The lowest BCUT2D eigenvalue weighted by molar-refractivity contribution is 0.563. The van der Waals surface area contributed by atoms with Gasteiger partial charge in [-0.05, 0) is 60.8 Å². The fourth-order valence-electron chi connectivity index (χ4n) is 2.96. The maximum atomic E-state index is 6.33.